The molecule has 2 aliphatic carbocycles. The number of hydrogen-bond donors (Lipinski definition) is 3. The maximum atomic E-state index is 14.0. The normalized spacial score (nSPS) is 16.5. The molecule has 0 saturated carbocycles. The van der Waals surface area contributed by atoms with Gasteiger partial charge in [-0.25, -0.2) is 18.4 Å². The van der Waals surface area contributed by atoms with E-state index in [0.29, 0.717) is 10.2 Å². The maximum Gasteiger partial charge on any atom is 0.246 e. The summed E-state index contributed by atoms with van der Waals surface area (Å²) in [5.74, 6) is -1.42. The lowest BCUT2D eigenvalue weighted by Crippen LogP contribution is -2.38. The number of rotatable bonds is 7. The summed E-state index contributed by atoms with van der Waals surface area (Å²) >= 11 is 6.67. The molecule has 2 aromatic heterocycles. The van der Waals surface area contributed by atoms with E-state index in [-0.39, 0.29) is 39.4 Å². The van der Waals surface area contributed by atoms with E-state index in [1.807, 2.05) is 30.3 Å². The van der Waals surface area contributed by atoms with Gasteiger partial charge in [-0.3, -0.25) is 14.3 Å². The number of thiazole rings is 2. The highest BCUT2D eigenvalue weighted by molar-refractivity contribution is 9.12. The molecule has 7 aromatic rings. The van der Waals surface area contributed by atoms with Crippen LogP contribution in [-0.2, 0) is 10.0 Å². The zero-order chi connectivity index (χ0) is 39.8. The molecule has 1 unspecified atom stereocenters. The Kier molecular flexibility index (Phi) is 8.77. The molecule has 57 heavy (non-hydrogen) atoms. The lowest BCUT2D eigenvalue weighted by molar-refractivity contribution is 0.0977. The second-order valence-corrected chi connectivity index (χ2v) is 18.7. The van der Waals surface area contributed by atoms with Gasteiger partial charge in [0.25, 0.3) is 0 Å². The molecule has 0 spiro atoms. The number of carbonyl (C=O) groups excluding carboxylic acids is 2. The minimum atomic E-state index is -4.12. The largest absolute Gasteiger partial charge is 0.507 e. The molecule has 5 aromatic carbocycles. The third-order valence-corrected chi connectivity index (χ3v) is 15.4. The van der Waals surface area contributed by atoms with E-state index in [1.165, 1.54) is 55.0 Å². The molecule has 0 radical (unpaired) electrons. The van der Waals surface area contributed by atoms with Crippen molar-refractivity contribution in [2.45, 2.75) is 18.6 Å². The average molecular weight is 874 g/mol. The highest BCUT2D eigenvalue weighted by Crippen LogP contribution is 2.43. The third-order valence-electron chi connectivity index (χ3n) is 9.96. The fourth-order valence-electron chi connectivity index (χ4n) is 6.75. The van der Waals surface area contributed by atoms with E-state index in [9.17, 15) is 23.1 Å². The third kappa shape index (κ3) is 6.25. The van der Waals surface area contributed by atoms with Crippen molar-refractivity contribution >= 4 is 92.0 Å². The smallest absolute Gasteiger partial charge is 0.246 e. The highest BCUT2D eigenvalue weighted by atomic mass is 79.9. The SMILES string of the molecule is Cc1ccc2nc(-c3ccc4nc(-c5ccc(NS(=O)(=O)C6(C)C=CC(Oc7cc(O)c8c(c7N)C(=O)c7ccccc7C8=O)=CC=C6Br)cc5)sc4c3)sc2c1. The Morgan fingerprint density at radius 1 is 0.807 bits per heavy atom. The predicted molar refractivity (Wildman–Crippen MR) is 230 cm³/mol. The standard InChI is InChI=1S/C43H29BrN4O6S3/c1-22-7-14-29-33(19-22)55-42(47-29)24-10-15-30-34(20-24)56-41(46-30)23-8-11-25(12-9-23)48-57(52,53)43(2)18-17-26(13-16-35(43)44)54-32-21-31(49)36-37(38(32)45)40(51)28-6-4-3-5-27(28)39(36)50/h3-21,48-49H,45H2,1-2H3. The molecule has 10 nitrogen and oxygen atoms in total. The van der Waals surface area contributed by atoms with Crippen LogP contribution in [-0.4, -0.2) is 39.8 Å². The number of ketones is 2. The number of aromatic hydroxyl groups is 1. The molecule has 0 amide bonds. The molecule has 1 atom stereocenters. The Morgan fingerprint density at radius 3 is 2.12 bits per heavy atom. The van der Waals surface area contributed by atoms with Crippen molar-refractivity contribution in [2.24, 2.45) is 0 Å². The number of nitrogens with one attached hydrogen (secondary N) is 1. The van der Waals surface area contributed by atoms with Gasteiger partial charge in [0.05, 0.1) is 37.2 Å². The van der Waals surface area contributed by atoms with Gasteiger partial charge in [0.2, 0.25) is 10.0 Å². The Labute approximate surface area is 342 Å². The van der Waals surface area contributed by atoms with Crippen molar-refractivity contribution in [1.82, 2.24) is 9.97 Å². The molecule has 0 aliphatic heterocycles. The summed E-state index contributed by atoms with van der Waals surface area (Å²) < 4.78 is 37.6. The molecular formula is C43H29BrN4O6S3. The molecule has 9 rings (SSSR count). The number of aryl methyl sites for hydroxylation is 1. The fraction of sp³-hybridized carbons (Fsp3) is 0.0698. The first-order valence-corrected chi connectivity index (χ1v) is 21.4. The molecule has 0 fully saturated rings. The van der Waals surface area contributed by atoms with Gasteiger partial charge in [-0.05, 0) is 92.2 Å². The maximum absolute atomic E-state index is 14.0. The summed E-state index contributed by atoms with van der Waals surface area (Å²) in [4.78, 5) is 36.3. The number of halogens is 1. The van der Waals surface area contributed by atoms with Crippen LogP contribution in [0.25, 0.3) is 41.6 Å². The zero-order valence-corrected chi connectivity index (χ0v) is 34.1. The molecular weight excluding hydrogens is 845 g/mol. The summed E-state index contributed by atoms with van der Waals surface area (Å²) in [7, 11) is -4.12. The Balaban J connectivity index is 0.925. The number of allylic oxidation sites excluding steroid dienone is 3. The predicted octanol–water partition coefficient (Wildman–Crippen LogP) is 9.92. The van der Waals surface area contributed by atoms with Crippen molar-refractivity contribution < 1.29 is 27.9 Å². The van der Waals surface area contributed by atoms with Crippen molar-refractivity contribution in [3.63, 3.8) is 0 Å². The molecule has 2 heterocycles. The van der Waals surface area contributed by atoms with Crippen LogP contribution < -0.4 is 15.2 Å². The van der Waals surface area contributed by atoms with Crippen LogP contribution in [0.1, 0.15) is 44.3 Å². The van der Waals surface area contributed by atoms with Crippen LogP contribution in [0.4, 0.5) is 11.4 Å². The summed E-state index contributed by atoms with van der Waals surface area (Å²) in [6, 6.07) is 26.9. The van der Waals surface area contributed by atoms with Crippen LogP contribution >= 0.6 is 38.6 Å². The molecule has 0 saturated heterocycles. The number of ether oxygens (including phenoxy) is 1. The molecule has 282 valence electrons. The van der Waals surface area contributed by atoms with E-state index in [4.69, 9.17) is 20.4 Å². The van der Waals surface area contributed by atoms with Crippen LogP contribution in [0.2, 0.25) is 0 Å². The fourth-order valence-corrected chi connectivity index (χ4v) is 11.0. The lowest BCUT2D eigenvalue weighted by Gasteiger charge is -2.26. The molecule has 14 heteroatoms. The van der Waals surface area contributed by atoms with Crippen LogP contribution in [0.3, 0.4) is 0 Å². The number of sulfonamides is 1. The van der Waals surface area contributed by atoms with Crippen LogP contribution in [0.5, 0.6) is 11.5 Å². The van der Waals surface area contributed by atoms with Gasteiger partial charge in [-0.2, -0.15) is 0 Å². The topological polar surface area (TPSA) is 162 Å². The number of nitrogens with zero attached hydrogens (tertiary/aromatic N) is 2. The zero-order valence-electron chi connectivity index (χ0n) is 30.0. The first-order valence-electron chi connectivity index (χ1n) is 17.5. The second-order valence-electron chi connectivity index (χ2n) is 13.8. The number of benzene rings is 5. The number of hydrogen-bond acceptors (Lipinski definition) is 11. The van der Waals surface area contributed by atoms with Gasteiger partial charge in [0, 0.05) is 38.5 Å². The monoisotopic (exact) mass is 872 g/mol. The summed E-state index contributed by atoms with van der Waals surface area (Å²) in [5.41, 5.74) is 11.5. The molecule has 4 N–H and O–H groups in total. The number of phenolic OH excluding ortho intramolecular Hbond substituents is 1. The Morgan fingerprint density at radius 2 is 1.42 bits per heavy atom. The first kappa shape index (κ1) is 36.7. The van der Waals surface area contributed by atoms with Gasteiger partial charge < -0.3 is 15.6 Å². The van der Waals surface area contributed by atoms with Gasteiger partial charge in [0.15, 0.2) is 17.3 Å². The number of fused-ring (bicyclic) bond motifs is 4. The molecule has 2 aliphatic rings. The second kappa shape index (κ2) is 13.6. The highest BCUT2D eigenvalue weighted by Gasteiger charge is 2.41. The summed E-state index contributed by atoms with van der Waals surface area (Å²) in [6.07, 6.45) is 5.97. The number of anilines is 2. The number of nitrogen functional groups attached to an aromatic ring is 1. The van der Waals surface area contributed by atoms with Gasteiger partial charge in [-0.15, -0.1) is 22.7 Å². The summed E-state index contributed by atoms with van der Waals surface area (Å²) in [6.45, 7) is 3.60. The van der Waals surface area contributed by atoms with E-state index in [1.54, 1.807) is 46.9 Å². The average Bonchev–Trinajstić information content (AvgIpc) is 3.79. The number of aromatic nitrogens is 2. The Bertz CT molecular complexity index is 3090. The minimum Gasteiger partial charge on any atom is -0.507 e. The van der Waals surface area contributed by atoms with Crippen LogP contribution in [0, 0.1) is 6.92 Å². The van der Waals surface area contributed by atoms with Crippen LogP contribution in [0.15, 0.2) is 126 Å². The van der Waals surface area contributed by atoms with E-state index in [0.717, 1.165) is 41.6 Å². The van der Waals surface area contributed by atoms with Crippen molar-refractivity contribution in [2.75, 3.05) is 10.5 Å². The van der Waals surface area contributed by atoms with E-state index >= 15 is 0 Å². The number of nitrogens with two attached hydrogens (primary N) is 1. The van der Waals surface area contributed by atoms with E-state index < -0.39 is 32.1 Å². The quantitative estimate of drug-likeness (QED) is 0.105. The van der Waals surface area contributed by atoms with Gasteiger partial charge >= 0.3 is 0 Å². The van der Waals surface area contributed by atoms with Gasteiger partial charge in [0.1, 0.15) is 26.3 Å². The minimum absolute atomic E-state index is 0.0753. The van der Waals surface area contributed by atoms with Crippen molar-refractivity contribution in [3.05, 3.63) is 153 Å². The van der Waals surface area contributed by atoms with E-state index in [2.05, 4.69) is 45.8 Å². The summed E-state index contributed by atoms with van der Waals surface area (Å²) in [5, 5.41) is 12.6. The Hall–Kier alpha value is -5.93. The first-order chi connectivity index (χ1) is 27.3. The lowest BCUT2D eigenvalue weighted by atomic mass is 9.82. The number of carbonyl (C=O) groups is 2. The van der Waals surface area contributed by atoms with Crippen molar-refractivity contribution in [1.29, 1.82) is 0 Å². The van der Waals surface area contributed by atoms with Gasteiger partial charge in [-0.1, -0.05) is 52.3 Å². The molecule has 0 bridgehead atoms. The number of phenols is 1. The van der Waals surface area contributed by atoms with Crippen molar-refractivity contribution in [3.8, 4) is 32.6 Å².